The van der Waals surface area contributed by atoms with E-state index in [-0.39, 0.29) is 0 Å². The molecule has 1 atom stereocenters. The van der Waals surface area contributed by atoms with Gasteiger partial charge in [-0.3, -0.25) is 0 Å². The van der Waals surface area contributed by atoms with Crippen LogP contribution < -0.4 is 4.74 Å². The summed E-state index contributed by atoms with van der Waals surface area (Å²) in [4.78, 5) is 0. The normalized spacial score (nSPS) is 12.9. The molecule has 2 nitrogen and oxygen atoms in total. The second-order valence-electron chi connectivity index (χ2n) is 4.75. The summed E-state index contributed by atoms with van der Waals surface area (Å²) in [5, 5.41) is 0. The lowest BCUT2D eigenvalue weighted by molar-refractivity contribution is 0.266. The first-order chi connectivity index (χ1) is 9.10. The van der Waals surface area contributed by atoms with Gasteiger partial charge in [0.1, 0.15) is 5.75 Å². The number of hydrogen-bond acceptors (Lipinski definition) is 2. The van der Waals surface area contributed by atoms with Crippen LogP contribution in [0.15, 0.2) is 48.3 Å². The van der Waals surface area contributed by atoms with Crippen molar-refractivity contribution < 1.29 is 9.47 Å². The topological polar surface area (TPSA) is 18.5 Å². The third kappa shape index (κ3) is 4.82. The highest BCUT2D eigenvalue weighted by Crippen LogP contribution is 2.23. The van der Waals surface area contributed by atoms with Crippen LogP contribution >= 0.6 is 0 Å². The number of benzene rings is 1. The maximum Gasteiger partial charge on any atom is 0.118 e. The van der Waals surface area contributed by atoms with E-state index in [1.807, 2.05) is 25.1 Å². The summed E-state index contributed by atoms with van der Waals surface area (Å²) in [5.41, 5.74) is 2.48. The van der Waals surface area contributed by atoms with Gasteiger partial charge in [-0.25, -0.2) is 0 Å². The number of hydrogen-bond donors (Lipinski definition) is 0. The quantitative estimate of drug-likeness (QED) is 0.535. The highest BCUT2D eigenvalue weighted by molar-refractivity contribution is 5.29. The second-order valence-corrected chi connectivity index (χ2v) is 4.75. The molecular weight excluding hydrogens is 236 g/mol. The van der Waals surface area contributed by atoms with Gasteiger partial charge >= 0.3 is 0 Å². The Balaban J connectivity index is 2.58. The Hall–Kier alpha value is -1.70. The Morgan fingerprint density at radius 3 is 2.37 bits per heavy atom. The average molecular weight is 260 g/mol. The molecule has 0 unspecified atom stereocenters. The van der Waals surface area contributed by atoms with E-state index in [0.29, 0.717) is 5.92 Å². The largest absolute Gasteiger partial charge is 0.501 e. The first kappa shape index (κ1) is 15.4. The molecule has 0 amide bonds. The minimum Gasteiger partial charge on any atom is -0.501 e. The zero-order valence-corrected chi connectivity index (χ0v) is 12.4. The van der Waals surface area contributed by atoms with Gasteiger partial charge in [0.15, 0.2) is 0 Å². The van der Waals surface area contributed by atoms with Crippen LogP contribution in [-0.4, -0.2) is 14.2 Å². The Morgan fingerprint density at radius 2 is 1.89 bits per heavy atom. The van der Waals surface area contributed by atoms with Crippen LogP contribution in [0.2, 0.25) is 0 Å². The molecule has 0 N–H and O–H groups in total. The fraction of sp³-hybridized carbons (Fsp3) is 0.412. The van der Waals surface area contributed by atoms with E-state index in [4.69, 9.17) is 9.47 Å². The molecule has 104 valence electrons. The van der Waals surface area contributed by atoms with Crippen LogP contribution in [0, 0.1) is 5.92 Å². The predicted octanol–water partition coefficient (Wildman–Crippen LogP) is 4.37. The highest BCUT2D eigenvalue weighted by Gasteiger charge is 2.10. The van der Waals surface area contributed by atoms with E-state index in [9.17, 15) is 0 Å². The molecule has 0 aromatic heterocycles. The van der Waals surface area contributed by atoms with Gasteiger partial charge in [0.2, 0.25) is 0 Å². The van der Waals surface area contributed by atoms with Crippen molar-refractivity contribution in [3.63, 3.8) is 0 Å². The fourth-order valence-electron chi connectivity index (χ4n) is 1.94. The molecule has 0 radical (unpaired) electrons. The van der Waals surface area contributed by atoms with Gasteiger partial charge in [-0.2, -0.15) is 0 Å². The second kappa shape index (κ2) is 7.67. The first-order valence-corrected chi connectivity index (χ1v) is 6.60. The van der Waals surface area contributed by atoms with Gasteiger partial charge in [-0.1, -0.05) is 31.2 Å². The van der Waals surface area contributed by atoms with Crippen LogP contribution in [0.3, 0.4) is 0 Å². The van der Waals surface area contributed by atoms with E-state index in [1.54, 1.807) is 14.2 Å². The van der Waals surface area contributed by atoms with E-state index in [0.717, 1.165) is 24.4 Å². The van der Waals surface area contributed by atoms with Crippen molar-refractivity contribution >= 4 is 0 Å². The molecule has 0 aliphatic heterocycles. The number of rotatable bonds is 7. The van der Waals surface area contributed by atoms with Crippen LogP contribution in [0.5, 0.6) is 5.75 Å². The highest BCUT2D eigenvalue weighted by atomic mass is 16.5. The number of methoxy groups -OCH3 is 2. The van der Waals surface area contributed by atoms with Gasteiger partial charge in [0.05, 0.1) is 20.0 Å². The summed E-state index contributed by atoms with van der Waals surface area (Å²) in [6, 6.07) is 8.15. The molecule has 1 aromatic rings. The molecule has 0 spiro atoms. The van der Waals surface area contributed by atoms with Gasteiger partial charge < -0.3 is 9.47 Å². The van der Waals surface area contributed by atoms with Gasteiger partial charge in [0, 0.05) is 6.42 Å². The van der Waals surface area contributed by atoms with Crippen LogP contribution in [-0.2, 0) is 11.2 Å². The minimum absolute atomic E-state index is 0.410. The predicted molar refractivity (Wildman–Crippen MR) is 80.4 cm³/mol. The van der Waals surface area contributed by atoms with E-state index < -0.39 is 0 Å². The summed E-state index contributed by atoms with van der Waals surface area (Å²) in [5.74, 6) is 2.31. The zero-order valence-electron chi connectivity index (χ0n) is 12.4. The van der Waals surface area contributed by atoms with Crippen molar-refractivity contribution in [2.45, 2.75) is 26.7 Å². The molecule has 19 heavy (non-hydrogen) atoms. The van der Waals surface area contributed by atoms with Gasteiger partial charge in [-0.15, -0.1) is 0 Å². The molecular formula is C17H24O2. The van der Waals surface area contributed by atoms with Gasteiger partial charge in [-0.05, 0) is 43.0 Å². The zero-order chi connectivity index (χ0) is 14.3. The molecule has 0 fully saturated rings. The lowest BCUT2D eigenvalue weighted by Crippen LogP contribution is -2.04. The monoisotopic (exact) mass is 260 g/mol. The van der Waals surface area contributed by atoms with E-state index in [2.05, 4.69) is 25.6 Å². The number of ether oxygens (including phenoxy) is 2. The molecule has 0 heterocycles. The Labute approximate surface area is 116 Å². The summed E-state index contributed by atoms with van der Waals surface area (Å²) < 4.78 is 10.5. The van der Waals surface area contributed by atoms with Crippen LogP contribution in [0.4, 0.5) is 0 Å². The summed E-state index contributed by atoms with van der Waals surface area (Å²) >= 11 is 0. The summed E-state index contributed by atoms with van der Waals surface area (Å²) in [7, 11) is 3.40. The molecule has 0 saturated heterocycles. The first-order valence-electron chi connectivity index (χ1n) is 6.60. The third-order valence-corrected chi connectivity index (χ3v) is 3.38. The van der Waals surface area contributed by atoms with E-state index in [1.165, 1.54) is 11.1 Å². The van der Waals surface area contributed by atoms with Gasteiger partial charge in [0.25, 0.3) is 0 Å². The molecule has 0 saturated carbocycles. The van der Waals surface area contributed by atoms with Crippen molar-refractivity contribution in [2.75, 3.05) is 14.2 Å². The summed E-state index contributed by atoms with van der Waals surface area (Å²) in [6.07, 6.45) is 3.81. The molecule has 1 rings (SSSR count). The fourth-order valence-corrected chi connectivity index (χ4v) is 1.94. The van der Waals surface area contributed by atoms with Crippen molar-refractivity contribution in [3.05, 3.63) is 53.8 Å². The van der Waals surface area contributed by atoms with Crippen molar-refractivity contribution in [1.82, 2.24) is 0 Å². The van der Waals surface area contributed by atoms with Crippen LogP contribution in [0.1, 0.15) is 25.8 Å². The lowest BCUT2D eigenvalue weighted by atomic mass is 9.92. The maximum atomic E-state index is 5.30. The summed E-state index contributed by atoms with van der Waals surface area (Å²) in [6.45, 7) is 8.39. The average Bonchev–Trinajstić information content (AvgIpc) is 2.45. The smallest absolute Gasteiger partial charge is 0.118 e. The maximum absolute atomic E-state index is 5.30. The molecule has 0 aliphatic carbocycles. The van der Waals surface area contributed by atoms with Crippen LogP contribution in [0.25, 0.3) is 0 Å². The third-order valence-electron chi connectivity index (χ3n) is 3.38. The number of allylic oxidation sites excluding steroid dienone is 3. The Bertz CT molecular complexity index is 429. The SMILES string of the molecule is C=C(Cc1ccc(OC)cc1)[C@@H](C)C/C(=C\C)OC. The molecule has 0 bridgehead atoms. The molecule has 2 heteroatoms. The lowest BCUT2D eigenvalue weighted by Gasteiger charge is -2.16. The minimum atomic E-state index is 0.410. The van der Waals surface area contributed by atoms with E-state index >= 15 is 0 Å². The molecule has 1 aromatic carbocycles. The molecule has 0 aliphatic rings. The van der Waals surface area contributed by atoms with Crippen molar-refractivity contribution in [1.29, 1.82) is 0 Å². The van der Waals surface area contributed by atoms with Crippen molar-refractivity contribution in [3.8, 4) is 5.75 Å². The Morgan fingerprint density at radius 1 is 1.26 bits per heavy atom. The Kier molecular flexibility index (Phi) is 6.20. The van der Waals surface area contributed by atoms with Crippen molar-refractivity contribution in [2.24, 2.45) is 5.92 Å². The standard InChI is InChI=1S/C17H24O2/c1-6-16(18-4)12-14(3)13(2)11-15-7-9-17(19-5)10-8-15/h6-10,14H,2,11-12H2,1,3-5H3/b16-6+/t14-/m0/s1.